The lowest BCUT2D eigenvalue weighted by atomic mass is 10.00. The summed E-state index contributed by atoms with van der Waals surface area (Å²) in [6.45, 7) is 6.55. The average molecular weight is 188 g/mol. The zero-order valence-corrected chi connectivity index (χ0v) is 9.20. The number of benzene rings is 1. The van der Waals surface area contributed by atoms with Crippen LogP contribution in [0.3, 0.4) is 0 Å². The zero-order valence-electron chi connectivity index (χ0n) is 9.20. The van der Waals surface area contributed by atoms with Crippen LogP contribution in [0.1, 0.15) is 30.9 Å². The van der Waals surface area contributed by atoms with Gasteiger partial charge in [0.2, 0.25) is 0 Å². The van der Waals surface area contributed by atoms with Crippen molar-refractivity contribution < 1.29 is 0 Å². The van der Waals surface area contributed by atoms with Crippen molar-refractivity contribution in [2.75, 3.05) is 0 Å². The maximum atomic E-state index is 4.46. The standard InChI is InChI=1S/C12H16N2/c1-8(2)10-6-5-9(3)12-11(10)13-7-14(12)4/h5-8H,1-4H3. The average Bonchev–Trinajstić information content (AvgIpc) is 2.49. The van der Waals surface area contributed by atoms with Crippen molar-refractivity contribution in [1.82, 2.24) is 9.55 Å². The van der Waals surface area contributed by atoms with Gasteiger partial charge in [-0.25, -0.2) is 4.98 Å². The molecule has 2 heteroatoms. The minimum Gasteiger partial charge on any atom is -0.334 e. The lowest BCUT2D eigenvalue weighted by Gasteiger charge is -2.08. The van der Waals surface area contributed by atoms with E-state index in [4.69, 9.17) is 0 Å². The predicted molar refractivity (Wildman–Crippen MR) is 59.5 cm³/mol. The highest BCUT2D eigenvalue weighted by molar-refractivity contribution is 5.82. The smallest absolute Gasteiger partial charge is 0.0955 e. The number of hydrogen-bond acceptors (Lipinski definition) is 1. The van der Waals surface area contributed by atoms with Crippen LogP contribution in [-0.4, -0.2) is 9.55 Å². The third-order valence-electron chi connectivity index (χ3n) is 2.72. The van der Waals surface area contributed by atoms with Gasteiger partial charge < -0.3 is 4.57 Å². The summed E-state index contributed by atoms with van der Waals surface area (Å²) < 4.78 is 2.09. The topological polar surface area (TPSA) is 17.8 Å². The lowest BCUT2D eigenvalue weighted by Crippen LogP contribution is -1.93. The van der Waals surface area contributed by atoms with Crippen LogP contribution in [0.5, 0.6) is 0 Å². The van der Waals surface area contributed by atoms with Crippen molar-refractivity contribution in [2.24, 2.45) is 7.05 Å². The second-order valence-electron chi connectivity index (χ2n) is 4.18. The van der Waals surface area contributed by atoms with E-state index in [0.717, 1.165) is 5.52 Å². The van der Waals surface area contributed by atoms with Crippen LogP contribution >= 0.6 is 0 Å². The number of rotatable bonds is 1. The Morgan fingerprint density at radius 2 is 2.00 bits per heavy atom. The number of aryl methyl sites for hydroxylation is 2. The Hall–Kier alpha value is -1.31. The summed E-state index contributed by atoms with van der Waals surface area (Å²) in [4.78, 5) is 4.46. The van der Waals surface area contributed by atoms with Crippen molar-refractivity contribution in [3.8, 4) is 0 Å². The molecule has 2 nitrogen and oxygen atoms in total. The van der Waals surface area contributed by atoms with Crippen LogP contribution < -0.4 is 0 Å². The van der Waals surface area contributed by atoms with Crippen LogP contribution in [0.2, 0.25) is 0 Å². The van der Waals surface area contributed by atoms with Gasteiger partial charge >= 0.3 is 0 Å². The van der Waals surface area contributed by atoms with Crippen LogP contribution in [0, 0.1) is 6.92 Å². The van der Waals surface area contributed by atoms with E-state index < -0.39 is 0 Å². The van der Waals surface area contributed by atoms with Crippen LogP contribution in [0.15, 0.2) is 18.5 Å². The number of aromatic nitrogens is 2. The van der Waals surface area contributed by atoms with E-state index in [0.29, 0.717) is 5.92 Å². The van der Waals surface area contributed by atoms with E-state index in [9.17, 15) is 0 Å². The molecule has 0 bridgehead atoms. The minimum absolute atomic E-state index is 0.535. The van der Waals surface area contributed by atoms with Gasteiger partial charge in [-0.2, -0.15) is 0 Å². The summed E-state index contributed by atoms with van der Waals surface area (Å²) in [6.07, 6.45) is 1.89. The molecule has 1 aromatic heterocycles. The largest absolute Gasteiger partial charge is 0.334 e. The SMILES string of the molecule is Cc1ccc(C(C)C)c2ncn(C)c12. The van der Waals surface area contributed by atoms with E-state index in [-0.39, 0.29) is 0 Å². The molecule has 74 valence electrons. The molecule has 0 aliphatic rings. The van der Waals surface area contributed by atoms with Gasteiger partial charge in [0.25, 0.3) is 0 Å². The molecule has 0 saturated carbocycles. The van der Waals surface area contributed by atoms with Gasteiger partial charge in [-0.1, -0.05) is 26.0 Å². The summed E-state index contributed by atoms with van der Waals surface area (Å²) in [7, 11) is 2.05. The van der Waals surface area contributed by atoms with Gasteiger partial charge in [-0.3, -0.25) is 0 Å². The Balaban J connectivity index is 2.83. The fourth-order valence-electron chi connectivity index (χ4n) is 1.94. The normalized spacial score (nSPS) is 11.5. The monoisotopic (exact) mass is 188 g/mol. The molecule has 0 amide bonds. The molecule has 0 unspecified atom stereocenters. The van der Waals surface area contributed by atoms with Crippen molar-refractivity contribution in [2.45, 2.75) is 26.7 Å². The number of imidazole rings is 1. The van der Waals surface area contributed by atoms with Gasteiger partial charge in [0.1, 0.15) is 0 Å². The van der Waals surface area contributed by atoms with Gasteiger partial charge in [0, 0.05) is 7.05 Å². The first-order valence-electron chi connectivity index (χ1n) is 5.01. The van der Waals surface area contributed by atoms with Gasteiger partial charge in [0.05, 0.1) is 17.4 Å². The first-order valence-corrected chi connectivity index (χ1v) is 5.01. The van der Waals surface area contributed by atoms with Crippen LogP contribution in [-0.2, 0) is 7.05 Å². The lowest BCUT2D eigenvalue weighted by molar-refractivity contribution is 0.873. The summed E-state index contributed by atoms with van der Waals surface area (Å²) >= 11 is 0. The first-order chi connectivity index (χ1) is 6.61. The van der Waals surface area contributed by atoms with Crippen molar-refractivity contribution in [3.63, 3.8) is 0 Å². The minimum atomic E-state index is 0.535. The van der Waals surface area contributed by atoms with Crippen LogP contribution in [0.4, 0.5) is 0 Å². The van der Waals surface area contributed by atoms with E-state index >= 15 is 0 Å². The summed E-state index contributed by atoms with van der Waals surface area (Å²) in [5.41, 5.74) is 5.05. The van der Waals surface area contributed by atoms with Gasteiger partial charge in [-0.05, 0) is 24.0 Å². The van der Waals surface area contributed by atoms with Gasteiger partial charge in [-0.15, -0.1) is 0 Å². The Kier molecular flexibility index (Phi) is 2.06. The summed E-state index contributed by atoms with van der Waals surface area (Å²) in [5.74, 6) is 0.535. The Morgan fingerprint density at radius 1 is 1.29 bits per heavy atom. The molecular formula is C12H16N2. The number of nitrogens with zero attached hydrogens (tertiary/aromatic N) is 2. The molecule has 2 aromatic rings. The molecule has 0 radical (unpaired) electrons. The quantitative estimate of drug-likeness (QED) is 0.672. The highest BCUT2D eigenvalue weighted by Gasteiger charge is 2.10. The van der Waals surface area contributed by atoms with Crippen molar-refractivity contribution in [3.05, 3.63) is 29.6 Å². The second kappa shape index (κ2) is 3.12. The highest BCUT2D eigenvalue weighted by atomic mass is 15.0. The molecule has 1 aromatic carbocycles. The summed E-state index contributed by atoms with van der Waals surface area (Å²) in [6, 6.07) is 4.37. The van der Waals surface area contributed by atoms with E-state index in [2.05, 4.69) is 42.5 Å². The predicted octanol–water partition coefficient (Wildman–Crippen LogP) is 3.01. The Labute approximate surface area is 84.6 Å². The number of fused-ring (bicyclic) bond motifs is 1. The third-order valence-corrected chi connectivity index (χ3v) is 2.72. The van der Waals surface area contributed by atoms with E-state index in [1.54, 1.807) is 0 Å². The highest BCUT2D eigenvalue weighted by Crippen LogP contribution is 2.26. The van der Waals surface area contributed by atoms with Crippen molar-refractivity contribution in [1.29, 1.82) is 0 Å². The summed E-state index contributed by atoms with van der Waals surface area (Å²) in [5, 5.41) is 0. The molecular weight excluding hydrogens is 172 g/mol. The molecule has 0 aliphatic carbocycles. The number of hydrogen-bond donors (Lipinski definition) is 0. The van der Waals surface area contributed by atoms with Crippen LogP contribution in [0.25, 0.3) is 11.0 Å². The van der Waals surface area contributed by atoms with E-state index in [1.807, 2.05) is 13.4 Å². The van der Waals surface area contributed by atoms with E-state index in [1.165, 1.54) is 16.6 Å². The molecule has 0 saturated heterocycles. The maximum absolute atomic E-state index is 4.46. The second-order valence-corrected chi connectivity index (χ2v) is 4.18. The fourth-order valence-corrected chi connectivity index (χ4v) is 1.94. The molecule has 0 aliphatic heterocycles. The Morgan fingerprint density at radius 3 is 2.64 bits per heavy atom. The maximum Gasteiger partial charge on any atom is 0.0955 e. The van der Waals surface area contributed by atoms with Crippen molar-refractivity contribution >= 4 is 11.0 Å². The fraction of sp³-hybridized carbons (Fsp3) is 0.417. The Bertz CT molecular complexity index is 466. The zero-order chi connectivity index (χ0) is 10.3. The molecule has 1 heterocycles. The molecule has 0 spiro atoms. The first kappa shape index (κ1) is 9.25. The molecule has 14 heavy (non-hydrogen) atoms. The third kappa shape index (κ3) is 1.22. The molecule has 0 N–H and O–H groups in total. The van der Waals surface area contributed by atoms with Gasteiger partial charge in [0.15, 0.2) is 0 Å². The molecule has 0 fully saturated rings. The molecule has 2 rings (SSSR count). The molecule has 0 atom stereocenters.